The van der Waals surface area contributed by atoms with Crippen molar-refractivity contribution in [3.63, 3.8) is 0 Å². The van der Waals surface area contributed by atoms with Crippen LogP contribution in [0.2, 0.25) is 0 Å². The van der Waals surface area contributed by atoms with Crippen molar-refractivity contribution in [2.24, 2.45) is 0 Å². The second-order valence-corrected chi connectivity index (χ2v) is 4.21. The summed E-state index contributed by atoms with van der Waals surface area (Å²) >= 11 is 0. The first kappa shape index (κ1) is 13.3. The molecule has 17 heavy (non-hydrogen) atoms. The Morgan fingerprint density at radius 3 is 2.65 bits per heavy atom. The number of aromatic nitrogens is 1. The Balaban J connectivity index is 2.54. The molecule has 2 N–H and O–H groups in total. The molecule has 1 aromatic rings. The molecule has 94 valence electrons. The highest BCUT2D eigenvalue weighted by molar-refractivity contribution is 5.89. The summed E-state index contributed by atoms with van der Waals surface area (Å²) in [6, 6.07) is 3.67. The summed E-state index contributed by atoms with van der Waals surface area (Å²) in [5.74, 6) is 0.859. The standard InChI is InChI=1S/C12H20N4O/c1-5-9(2)14-12(17)15-10-6-7-11(13-8-10)16(3)4/h6-9H,5H2,1-4H3,(H2,14,15,17)/t9-/m1/s1. The SMILES string of the molecule is CC[C@@H](C)NC(=O)Nc1ccc(N(C)C)nc1. The number of hydrogen-bond donors (Lipinski definition) is 2. The molecule has 0 saturated heterocycles. The summed E-state index contributed by atoms with van der Waals surface area (Å²) in [5.41, 5.74) is 0.691. The number of carbonyl (C=O) groups excluding carboxylic acids is 1. The van der Waals surface area contributed by atoms with Crippen LogP contribution in [-0.4, -0.2) is 31.2 Å². The summed E-state index contributed by atoms with van der Waals surface area (Å²) in [6.07, 6.45) is 2.55. The van der Waals surface area contributed by atoms with Crippen LogP contribution in [0.15, 0.2) is 18.3 Å². The molecule has 1 heterocycles. The van der Waals surface area contributed by atoms with Crippen LogP contribution < -0.4 is 15.5 Å². The van der Waals surface area contributed by atoms with Crippen LogP contribution >= 0.6 is 0 Å². The Labute approximate surface area is 102 Å². The van der Waals surface area contributed by atoms with Crippen LogP contribution in [0.5, 0.6) is 0 Å². The van der Waals surface area contributed by atoms with Crippen molar-refractivity contribution in [1.29, 1.82) is 0 Å². The molecule has 5 heteroatoms. The lowest BCUT2D eigenvalue weighted by atomic mass is 10.3. The van der Waals surface area contributed by atoms with Crippen molar-refractivity contribution in [3.8, 4) is 0 Å². The molecule has 2 amide bonds. The quantitative estimate of drug-likeness (QED) is 0.841. The third kappa shape index (κ3) is 4.30. The van der Waals surface area contributed by atoms with Crippen molar-refractivity contribution in [3.05, 3.63) is 18.3 Å². The molecule has 0 saturated carbocycles. The lowest BCUT2D eigenvalue weighted by Gasteiger charge is -2.14. The first-order valence-corrected chi connectivity index (χ1v) is 5.73. The summed E-state index contributed by atoms with van der Waals surface area (Å²) in [7, 11) is 3.84. The van der Waals surface area contributed by atoms with Gasteiger partial charge in [0.2, 0.25) is 0 Å². The molecule has 0 radical (unpaired) electrons. The molecule has 0 aliphatic heterocycles. The number of nitrogens with zero attached hydrogens (tertiary/aromatic N) is 2. The highest BCUT2D eigenvalue weighted by Gasteiger charge is 2.05. The maximum Gasteiger partial charge on any atom is 0.319 e. The number of urea groups is 1. The van der Waals surface area contributed by atoms with Crippen LogP contribution in [0, 0.1) is 0 Å². The Hall–Kier alpha value is -1.78. The van der Waals surface area contributed by atoms with E-state index in [-0.39, 0.29) is 12.1 Å². The number of pyridine rings is 1. The highest BCUT2D eigenvalue weighted by atomic mass is 16.2. The normalized spacial score (nSPS) is 11.8. The molecule has 0 spiro atoms. The smallest absolute Gasteiger partial charge is 0.319 e. The third-order valence-corrected chi connectivity index (χ3v) is 2.45. The van der Waals surface area contributed by atoms with Crippen LogP contribution in [-0.2, 0) is 0 Å². The minimum atomic E-state index is -0.196. The van der Waals surface area contributed by atoms with Gasteiger partial charge in [-0.05, 0) is 25.5 Å². The van der Waals surface area contributed by atoms with E-state index < -0.39 is 0 Å². The van der Waals surface area contributed by atoms with Gasteiger partial charge < -0.3 is 15.5 Å². The maximum atomic E-state index is 11.5. The summed E-state index contributed by atoms with van der Waals surface area (Å²) in [4.78, 5) is 17.7. The molecule has 0 aromatic carbocycles. The van der Waals surface area contributed by atoms with Crippen molar-refractivity contribution in [2.45, 2.75) is 26.3 Å². The van der Waals surface area contributed by atoms with Crippen molar-refractivity contribution >= 4 is 17.5 Å². The third-order valence-electron chi connectivity index (χ3n) is 2.45. The zero-order chi connectivity index (χ0) is 12.8. The fourth-order valence-electron chi connectivity index (χ4n) is 1.22. The molecule has 1 atom stereocenters. The van der Waals surface area contributed by atoms with E-state index in [0.29, 0.717) is 5.69 Å². The zero-order valence-electron chi connectivity index (χ0n) is 10.8. The van der Waals surface area contributed by atoms with E-state index in [0.717, 1.165) is 12.2 Å². The number of anilines is 2. The van der Waals surface area contributed by atoms with Crippen molar-refractivity contribution < 1.29 is 4.79 Å². The molecular formula is C12H20N4O. The van der Waals surface area contributed by atoms with Crippen molar-refractivity contribution in [2.75, 3.05) is 24.3 Å². The average Bonchev–Trinajstić information content (AvgIpc) is 2.29. The van der Waals surface area contributed by atoms with Crippen molar-refractivity contribution in [1.82, 2.24) is 10.3 Å². The molecule has 5 nitrogen and oxygen atoms in total. The van der Waals surface area contributed by atoms with Gasteiger partial charge in [0, 0.05) is 20.1 Å². The second-order valence-electron chi connectivity index (χ2n) is 4.21. The Morgan fingerprint density at radius 1 is 1.47 bits per heavy atom. The first-order chi connectivity index (χ1) is 8.02. The predicted octanol–water partition coefficient (Wildman–Crippen LogP) is 2.07. The van der Waals surface area contributed by atoms with E-state index in [1.165, 1.54) is 0 Å². The molecule has 0 unspecified atom stereocenters. The predicted molar refractivity (Wildman–Crippen MR) is 70.5 cm³/mol. The first-order valence-electron chi connectivity index (χ1n) is 5.73. The van der Waals surface area contributed by atoms with E-state index in [1.54, 1.807) is 6.20 Å². The van der Waals surface area contributed by atoms with Gasteiger partial charge in [-0.2, -0.15) is 0 Å². The Morgan fingerprint density at radius 2 is 2.18 bits per heavy atom. The highest BCUT2D eigenvalue weighted by Crippen LogP contribution is 2.11. The molecule has 1 aromatic heterocycles. The number of carbonyl (C=O) groups is 1. The lowest BCUT2D eigenvalue weighted by molar-refractivity contribution is 0.249. The summed E-state index contributed by atoms with van der Waals surface area (Å²) in [6.45, 7) is 3.99. The van der Waals surface area contributed by atoms with Gasteiger partial charge in [-0.15, -0.1) is 0 Å². The lowest BCUT2D eigenvalue weighted by Crippen LogP contribution is -2.35. The number of hydrogen-bond acceptors (Lipinski definition) is 3. The molecule has 0 fully saturated rings. The number of rotatable bonds is 4. The van der Waals surface area contributed by atoms with Gasteiger partial charge in [0.15, 0.2) is 0 Å². The maximum absolute atomic E-state index is 11.5. The fraction of sp³-hybridized carbons (Fsp3) is 0.500. The van der Waals surface area contributed by atoms with Gasteiger partial charge >= 0.3 is 6.03 Å². The van der Waals surface area contributed by atoms with Gasteiger partial charge in [-0.3, -0.25) is 0 Å². The Bertz CT molecular complexity index is 361. The minimum absolute atomic E-state index is 0.170. The largest absolute Gasteiger partial charge is 0.363 e. The van der Waals surface area contributed by atoms with Gasteiger partial charge in [0.1, 0.15) is 5.82 Å². The van der Waals surface area contributed by atoms with Crippen LogP contribution in [0.1, 0.15) is 20.3 Å². The second kappa shape index (κ2) is 6.08. The van der Waals surface area contributed by atoms with E-state index >= 15 is 0 Å². The van der Waals surface area contributed by atoms with Gasteiger partial charge in [0.25, 0.3) is 0 Å². The zero-order valence-corrected chi connectivity index (χ0v) is 10.8. The minimum Gasteiger partial charge on any atom is -0.363 e. The van der Waals surface area contributed by atoms with Gasteiger partial charge in [-0.1, -0.05) is 6.92 Å². The fourth-order valence-corrected chi connectivity index (χ4v) is 1.22. The monoisotopic (exact) mass is 236 g/mol. The van der Waals surface area contributed by atoms with Crippen LogP contribution in [0.25, 0.3) is 0 Å². The average molecular weight is 236 g/mol. The molecule has 0 bridgehead atoms. The Kier molecular flexibility index (Phi) is 4.75. The molecule has 0 aliphatic carbocycles. The van der Waals surface area contributed by atoms with Gasteiger partial charge in [-0.25, -0.2) is 9.78 Å². The molecule has 1 rings (SSSR count). The van der Waals surface area contributed by atoms with E-state index in [1.807, 2.05) is 45.0 Å². The van der Waals surface area contributed by atoms with E-state index in [9.17, 15) is 4.79 Å². The number of nitrogens with one attached hydrogen (secondary N) is 2. The van der Waals surface area contributed by atoms with Crippen LogP contribution in [0.4, 0.5) is 16.3 Å². The van der Waals surface area contributed by atoms with Gasteiger partial charge in [0.05, 0.1) is 11.9 Å². The molecule has 0 aliphatic rings. The summed E-state index contributed by atoms with van der Waals surface area (Å²) in [5, 5.41) is 5.57. The number of amides is 2. The van der Waals surface area contributed by atoms with E-state index in [4.69, 9.17) is 0 Å². The summed E-state index contributed by atoms with van der Waals surface area (Å²) < 4.78 is 0. The van der Waals surface area contributed by atoms with Crippen LogP contribution in [0.3, 0.4) is 0 Å². The molecular weight excluding hydrogens is 216 g/mol. The topological polar surface area (TPSA) is 57.3 Å². The van der Waals surface area contributed by atoms with E-state index in [2.05, 4.69) is 15.6 Å².